The predicted molar refractivity (Wildman–Crippen MR) is 201 cm³/mol. The number of fused-ring (bicyclic) bond motifs is 5. The van der Waals surface area contributed by atoms with Crippen molar-refractivity contribution in [2.75, 3.05) is 4.90 Å². The van der Waals surface area contributed by atoms with Crippen molar-refractivity contribution in [3.8, 4) is 67.5 Å². The molecule has 1 aliphatic heterocycles. The number of rotatable bonds is 5. The van der Waals surface area contributed by atoms with Crippen molar-refractivity contribution in [2.45, 2.75) is 0 Å². The Morgan fingerprint density at radius 3 is 1.29 bits per heavy atom. The summed E-state index contributed by atoms with van der Waals surface area (Å²) in [4.78, 5) is 17.1. The first-order chi connectivity index (χ1) is 24.3. The zero-order valence-corrected chi connectivity index (χ0v) is 26.6. The van der Waals surface area contributed by atoms with Crippen LogP contribution in [0, 0.1) is 0 Å². The molecule has 0 amide bonds. The molecule has 0 saturated heterocycles. The first-order valence-electron chi connectivity index (χ1n) is 16.5. The maximum absolute atomic E-state index is 4.92. The van der Waals surface area contributed by atoms with Gasteiger partial charge in [-0.15, -0.1) is 0 Å². The van der Waals surface area contributed by atoms with E-state index >= 15 is 0 Å². The molecule has 0 unspecified atom stereocenters. The monoisotopic (exact) mass is 626 g/mol. The third-order valence-electron chi connectivity index (χ3n) is 9.08. The van der Waals surface area contributed by atoms with Crippen molar-refractivity contribution in [3.63, 3.8) is 0 Å². The normalized spacial score (nSPS) is 11.6. The third-order valence-corrected chi connectivity index (χ3v) is 9.08. The van der Waals surface area contributed by atoms with Gasteiger partial charge in [-0.05, 0) is 52.6 Å². The summed E-state index contributed by atoms with van der Waals surface area (Å²) in [6, 6.07) is 63.6. The second-order valence-electron chi connectivity index (χ2n) is 12.1. The van der Waals surface area contributed by atoms with Crippen LogP contribution in [0.2, 0.25) is 0 Å². The van der Waals surface area contributed by atoms with E-state index in [4.69, 9.17) is 15.0 Å². The number of benzene rings is 7. The highest BCUT2D eigenvalue weighted by Gasteiger charge is 2.26. The van der Waals surface area contributed by atoms with Gasteiger partial charge in [-0.3, -0.25) is 0 Å². The maximum Gasteiger partial charge on any atom is 0.164 e. The second kappa shape index (κ2) is 12.2. The van der Waals surface area contributed by atoms with Gasteiger partial charge in [-0.2, -0.15) is 0 Å². The Bertz CT molecular complexity index is 2370. The van der Waals surface area contributed by atoms with E-state index in [1.54, 1.807) is 0 Å². The first kappa shape index (κ1) is 28.6. The van der Waals surface area contributed by atoms with Gasteiger partial charge in [0.2, 0.25) is 0 Å². The Kier molecular flexibility index (Phi) is 7.10. The third kappa shape index (κ3) is 5.26. The van der Waals surface area contributed by atoms with Gasteiger partial charge in [-0.25, -0.2) is 15.0 Å². The molecule has 0 atom stereocenters. The number of para-hydroxylation sites is 2. The lowest BCUT2D eigenvalue weighted by atomic mass is 9.92. The lowest BCUT2D eigenvalue weighted by molar-refractivity contribution is 1.07. The van der Waals surface area contributed by atoms with Gasteiger partial charge in [0.1, 0.15) is 0 Å². The van der Waals surface area contributed by atoms with Crippen LogP contribution >= 0.6 is 0 Å². The average molecular weight is 627 g/mol. The molecule has 1 aromatic heterocycles. The summed E-state index contributed by atoms with van der Waals surface area (Å²) in [5, 5.41) is 0. The van der Waals surface area contributed by atoms with Crippen LogP contribution in [0.5, 0.6) is 0 Å². The van der Waals surface area contributed by atoms with Crippen LogP contribution in [0.1, 0.15) is 0 Å². The zero-order valence-electron chi connectivity index (χ0n) is 26.6. The van der Waals surface area contributed by atoms with E-state index < -0.39 is 0 Å². The van der Waals surface area contributed by atoms with E-state index in [0.29, 0.717) is 17.5 Å². The molecule has 230 valence electrons. The lowest BCUT2D eigenvalue weighted by Gasteiger charge is -2.27. The van der Waals surface area contributed by atoms with E-state index in [0.717, 1.165) is 39.2 Å². The standard InChI is InChI=1S/C45H30N4/c1-4-14-32(15-5-1)43-46-44(33-16-6-2-7-17-33)48-45(47-43)34-26-24-31(25-27-34)35-28-29-42-40(30-35)38-21-11-10-20-37(38)39-22-12-13-23-41(39)49(42)36-18-8-3-9-19-36/h1-30H. The summed E-state index contributed by atoms with van der Waals surface area (Å²) >= 11 is 0. The fraction of sp³-hybridized carbons (Fsp3) is 0. The quantitative estimate of drug-likeness (QED) is 0.191. The molecule has 0 saturated carbocycles. The minimum atomic E-state index is 0.645. The van der Waals surface area contributed by atoms with Gasteiger partial charge in [0.15, 0.2) is 17.5 Å². The molecule has 0 N–H and O–H groups in total. The molecule has 4 heteroatoms. The van der Waals surface area contributed by atoms with Gasteiger partial charge >= 0.3 is 0 Å². The SMILES string of the molecule is c1ccc(-c2nc(-c3ccccc3)nc(-c3ccc(-c4ccc5c(c4)-c4ccccc4-c4ccccc4N5c4ccccc4)cc3)n2)cc1. The molecule has 0 spiro atoms. The lowest BCUT2D eigenvalue weighted by Crippen LogP contribution is -2.10. The van der Waals surface area contributed by atoms with Crippen LogP contribution in [-0.4, -0.2) is 15.0 Å². The van der Waals surface area contributed by atoms with E-state index in [2.05, 4.69) is 126 Å². The molecule has 8 aromatic rings. The Balaban J connectivity index is 1.15. The summed E-state index contributed by atoms with van der Waals surface area (Å²) in [7, 11) is 0. The Morgan fingerprint density at radius 1 is 0.286 bits per heavy atom. The first-order valence-corrected chi connectivity index (χ1v) is 16.5. The Hall–Kier alpha value is -6.65. The molecule has 0 bridgehead atoms. The van der Waals surface area contributed by atoms with Crippen molar-refractivity contribution in [1.82, 2.24) is 15.0 Å². The topological polar surface area (TPSA) is 41.9 Å². The number of hydrogen-bond donors (Lipinski definition) is 0. The van der Waals surface area contributed by atoms with Crippen molar-refractivity contribution in [1.29, 1.82) is 0 Å². The number of hydrogen-bond acceptors (Lipinski definition) is 4. The van der Waals surface area contributed by atoms with Crippen LogP contribution in [0.4, 0.5) is 17.1 Å². The van der Waals surface area contributed by atoms with Crippen LogP contribution in [0.15, 0.2) is 182 Å². The van der Waals surface area contributed by atoms with Gasteiger partial charge in [-0.1, -0.05) is 152 Å². The number of anilines is 3. The van der Waals surface area contributed by atoms with Gasteiger partial charge in [0.05, 0.1) is 11.4 Å². The van der Waals surface area contributed by atoms with Crippen molar-refractivity contribution in [2.24, 2.45) is 0 Å². The fourth-order valence-electron chi connectivity index (χ4n) is 6.71. The highest BCUT2D eigenvalue weighted by Crippen LogP contribution is 2.51. The average Bonchev–Trinajstić information content (AvgIpc) is 3.31. The molecule has 4 nitrogen and oxygen atoms in total. The zero-order chi connectivity index (χ0) is 32.6. The van der Waals surface area contributed by atoms with E-state index in [9.17, 15) is 0 Å². The van der Waals surface area contributed by atoms with Crippen LogP contribution < -0.4 is 4.90 Å². The minimum absolute atomic E-state index is 0.645. The molecular formula is C45H30N4. The van der Waals surface area contributed by atoms with Gasteiger partial charge in [0.25, 0.3) is 0 Å². The minimum Gasteiger partial charge on any atom is -0.309 e. The van der Waals surface area contributed by atoms with E-state index in [1.165, 1.54) is 27.9 Å². The summed E-state index contributed by atoms with van der Waals surface area (Å²) < 4.78 is 0. The van der Waals surface area contributed by atoms with Gasteiger partial charge in [0, 0.05) is 33.5 Å². The molecular weight excluding hydrogens is 597 g/mol. The Labute approximate surface area is 285 Å². The molecule has 0 radical (unpaired) electrons. The van der Waals surface area contributed by atoms with Crippen molar-refractivity contribution < 1.29 is 0 Å². The summed E-state index contributed by atoms with van der Waals surface area (Å²) in [5.74, 6) is 1.95. The fourth-order valence-corrected chi connectivity index (χ4v) is 6.71. The maximum atomic E-state index is 4.92. The Morgan fingerprint density at radius 2 is 0.694 bits per heavy atom. The second-order valence-corrected chi connectivity index (χ2v) is 12.1. The molecule has 1 aliphatic rings. The molecule has 49 heavy (non-hydrogen) atoms. The predicted octanol–water partition coefficient (Wildman–Crippen LogP) is 11.7. The number of aromatic nitrogens is 3. The summed E-state index contributed by atoms with van der Waals surface area (Å²) in [6.45, 7) is 0. The van der Waals surface area contributed by atoms with Crippen LogP contribution in [0.25, 0.3) is 67.5 Å². The van der Waals surface area contributed by atoms with Crippen molar-refractivity contribution in [3.05, 3.63) is 182 Å². The van der Waals surface area contributed by atoms with Crippen LogP contribution in [-0.2, 0) is 0 Å². The van der Waals surface area contributed by atoms with E-state index in [-0.39, 0.29) is 0 Å². The molecule has 7 aromatic carbocycles. The molecule has 0 fully saturated rings. The molecule has 2 heterocycles. The molecule has 9 rings (SSSR count). The highest BCUT2D eigenvalue weighted by atomic mass is 15.1. The smallest absolute Gasteiger partial charge is 0.164 e. The highest BCUT2D eigenvalue weighted by molar-refractivity contribution is 6.03. The van der Waals surface area contributed by atoms with E-state index in [1.807, 2.05) is 60.7 Å². The molecule has 0 aliphatic carbocycles. The summed E-state index contributed by atoms with van der Waals surface area (Å²) in [5.41, 5.74) is 13.4. The van der Waals surface area contributed by atoms with Crippen molar-refractivity contribution >= 4 is 17.1 Å². The number of nitrogens with zero attached hydrogens (tertiary/aromatic N) is 4. The summed E-state index contributed by atoms with van der Waals surface area (Å²) in [6.07, 6.45) is 0. The largest absolute Gasteiger partial charge is 0.309 e. The van der Waals surface area contributed by atoms with Gasteiger partial charge < -0.3 is 4.90 Å². The van der Waals surface area contributed by atoms with Crippen LogP contribution in [0.3, 0.4) is 0 Å².